The molecular weight excluding hydrogens is 320 g/mol. The van der Waals surface area contributed by atoms with E-state index in [1.165, 1.54) is 11.3 Å². The highest BCUT2D eigenvalue weighted by molar-refractivity contribution is 7.11. The molecule has 0 bridgehead atoms. The van der Waals surface area contributed by atoms with E-state index in [2.05, 4.69) is 0 Å². The van der Waals surface area contributed by atoms with E-state index in [1.54, 1.807) is 17.5 Å². The Labute approximate surface area is 127 Å². The van der Waals surface area contributed by atoms with E-state index in [9.17, 15) is 18.4 Å². The van der Waals surface area contributed by atoms with Gasteiger partial charge in [-0.25, -0.2) is 13.7 Å². The largest absolute Gasteiger partial charge is 0.277 e. The standard InChI is InChI=1S/C14H6ClF2NO2S/c15-12-11(10-2-1-5-21-10)13(19)18(14(12)20)7-3-4-8(16)9(17)6-7/h1-6H. The highest BCUT2D eigenvalue weighted by Gasteiger charge is 2.39. The Balaban J connectivity index is 2.06. The van der Waals surface area contributed by atoms with Crippen molar-refractivity contribution in [3.63, 3.8) is 0 Å². The van der Waals surface area contributed by atoms with Crippen molar-refractivity contribution in [2.45, 2.75) is 0 Å². The summed E-state index contributed by atoms with van der Waals surface area (Å²) in [6.07, 6.45) is 0. The van der Waals surface area contributed by atoms with Crippen LogP contribution in [0.25, 0.3) is 5.57 Å². The highest BCUT2D eigenvalue weighted by atomic mass is 35.5. The Morgan fingerprint density at radius 3 is 2.43 bits per heavy atom. The number of hydrogen-bond donors (Lipinski definition) is 0. The fourth-order valence-corrected chi connectivity index (χ4v) is 3.09. The molecule has 0 N–H and O–H groups in total. The maximum Gasteiger partial charge on any atom is 0.277 e. The summed E-state index contributed by atoms with van der Waals surface area (Å²) in [5.41, 5.74) is 0.00926. The molecule has 0 unspecified atom stereocenters. The van der Waals surface area contributed by atoms with Gasteiger partial charge in [-0.2, -0.15) is 0 Å². The molecule has 0 saturated carbocycles. The zero-order chi connectivity index (χ0) is 15.1. The van der Waals surface area contributed by atoms with Gasteiger partial charge in [0.2, 0.25) is 0 Å². The minimum Gasteiger partial charge on any atom is -0.268 e. The monoisotopic (exact) mass is 325 g/mol. The predicted octanol–water partition coefficient (Wildman–Crippen LogP) is 3.55. The Kier molecular flexibility index (Phi) is 3.35. The van der Waals surface area contributed by atoms with Gasteiger partial charge >= 0.3 is 0 Å². The molecule has 21 heavy (non-hydrogen) atoms. The Bertz CT molecular complexity index is 786. The van der Waals surface area contributed by atoms with Gasteiger partial charge in [0.25, 0.3) is 11.8 Å². The lowest BCUT2D eigenvalue weighted by Gasteiger charge is -2.14. The van der Waals surface area contributed by atoms with Crippen LogP contribution in [0.5, 0.6) is 0 Å². The lowest BCUT2D eigenvalue weighted by Crippen LogP contribution is -2.31. The van der Waals surface area contributed by atoms with E-state index >= 15 is 0 Å². The van der Waals surface area contributed by atoms with Crippen LogP contribution in [0.15, 0.2) is 40.7 Å². The molecule has 7 heteroatoms. The molecule has 3 rings (SSSR count). The molecule has 106 valence electrons. The second kappa shape index (κ2) is 5.05. The van der Waals surface area contributed by atoms with Gasteiger partial charge in [0, 0.05) is 10.9 Å². The zero-order valence-corrected chi connectivity index (χ0v) is 11.8. The average molecular weight is 326 g/mol. The van der Waals surface area contributed by atoms with Crippen LogP contribution in [-0.2, 0) is 9.59 Å². The van der Waals surface area contributed by atoms with Crippen LogP contribution in [0.2, 0.25) is 0 Å². The van der Waals surface area contributed by atoms with Gasteiger partial charge in [0.05, 0.1) is 11.3 Å². The number of amides is 2. The van der Waals surface area contributed by atoms with Crippen molar-refractivity contribution < 1.29 is 18.4 Å². The molecule has 3 nitrogen and oxygen atoms in total. The average Bonchev–Trinajstić information content (AvgIpc) is 3.03. The fraction of sp³-hybridized carbons (Fsp3) is 0. The molecule has 1 aliphatic heterocycles. The van der Waals surface area contributed by atoms with Crippen molar-refractivity contribution in [1.29, 1.82) is 0 Å². The van der Waals surface area contributed by atoms with Gasteiger partial charge in [-0.1, -0.05) is 17.7 Å². The summed E-state index contributed by atoms with van der Waals surface area (Å²) in [7, 11) is 0. The van der Waals surface area contributed by atoms with Gasteiger partial charge in [-0.15, -0.1) is 11.3 Å². The van der Waals surface area contributed by atoms with Gasteiger partial charge in [-0.05, 0) is 23.6 Å². The number of thiophene rings is 1. The van der Waals surface area contributed by atoms with E-state index in [1.807, 2.05) is 0 Å². The third-order valence-electron chi connectivity index (χ3n) is 2.96. The van der Waals surface area contributed by atoms with E-state index in [0.29, 0.717) is 4.88 Å². The molecule has 2 aromatic rings. The molecule has 2 heterocycles. The van der Waals surface area contributed by atoms with Crippen molar-refractivity contribution in [2.75, 3.05) is 4.90 Å². The first-order valence-corrected chi connectivity index (χ1v) is 7.04. The molecular formula is C14H6ClF2NO2S. The van der Waals surface area contributed by atoms with Crippen molar-refractivity contribution in [3.05, 3.63) is 57.3 Å². The number of anilines is 1. The lowest BCUT2D eigenvalue weighted by atomic mass is 10.2. The third kappa shape index (κ3) is 2.16. The zero-order valence-electron chi connectivity index (χ0n) is 10.3. The topological polar surface area (TPSA) is 37.4 Å². The molecule has 1 aromatic carbocycles. The SMILES string of the molecule is O=C1C(Cl)=C(c2cccs2)C(=O)N1c1ccc(F)c(F)c1. The van der Waals surface area contributed by atoms with Crippen molar-refractivity contribution in [2.24, 2.45) is 0 Å². The van der Waals surface area contributed by atoms with Gasteiger partial charge < -0.3 is 0 Å². The second-order valence-corrected chi connectivity index (χ2v) is 5.54. The van der Waals surface area contributed by atoms with Crippen LogP contribution in [0.3, 0.4) is 0 Å². The fourth-order valence-electron chi connectivity index (χ4n) is 2.00. The molecule has 0 atom stereocenters. The summed E-state index contributed by atoms with van der Waals surface area (Å²) in [4.78, 5) is 25.8. The second-order valence-electron chi connectivity index (χ2n) is 4.21. The third-order valence-corrected chi connectivity index (χ3v) is 4.19. The quantitative estimate of drug-likeness (QED) is 0.792. The predicted molar refractivity (Wildman–Crippen MR) is 75.9 cm³/mol. The minimum atomic E-state index is -1.14. The van der Waals surface area contributed by atoms with E-state index < -0.39 is 23.4 Å². The first kappa shape index (κ1) is 13.9. The number of benzene rings is 1. The summed E-state index contributed by atoms with van der Waals surface area (Å²) >= 11 is 7.19. The first-order chi connectivity index (χ1) is 10.0. The van der Waals surface area contributed by atoms with E-state index in [4.69, 9.17) is 11.6 Å². The maximum atomic E-state index is 13.3. The molecule has 0 aliphatic carbocycles. The molecule has 2 amide bonds. The van der Waals surface area contributed by atoms with Crippen molar-refractivity contribution >= 4 is 46.0 Å². The summed E-state index contributed by atoms with van der Waals surface area (Å²) in [5, 5.41) is 1.51. The first-order valence-electron chi connectivity index (χ1n) is 5.78. The number of carbonyl (C=O) groups excluding carboxylic acids is 2. The van der Waals surface area contributed by atoms with Crippen LogP contribution in [-0.4, -0.2) is 11.8 Å². The van der Waals surface area contributed by atoms with Gasteiger partial charge in [-0.3, -0.25) is 9.59 Å². The molecule has 1 aromatic heterocycles. The lowest BCUT2D eigenvalue weighted by molar-refractivity contribution is -0.119. The molecule has 0 saturated heterocycles. The smallest absolute Gasteiger partial charge is 0.268 e. The number of rotatable bonds is 2. The number of halogens is 3. The van der Waals surface area contributed by atoms with E-state index in [0.717, 1.165) is 23.1 Å². The summed E-state index contributed by atoms with van der Waals surface area (Å²) in [6, 6.07) is 6.15. The normalized spacial score (nSPS) is 15.3. The number of imide groups is 1. The summed E-state index contributed by atoms with van der Waals surface area (Å²) < 4.78 is 26.2. The Morgan fingerprint density at radius 2 is 1.81 bits per heavy atom. The maximum absolute atomic E-state index is 13.3. The van der Waals surface area contributed by atoms with Crippen LogP contribution in [0.1, 0.15) is 4.88 Å². The summed E-state index contributed by atoms with van der Waals surface area (Å²) in [5.74, 6) is -3.61. The number of carbonyl (C=O) groups is 2. The van der Waals surface area contributed by atoms with Crippen LogP contribution >= 0.6 is 22.9 Å². The van der Waals surface area contributed by atoms with Crippen LogP contribution < -0.4 is 4.90 Å². The highest BCUT2D eigenvalue weighted by Crippen LogP contribution is 2.36. The van der Waals surface area contributed by atoms with Crippen molar-refractivity contribution in [1.82, 2.24) is 0 Å². The van der Waals surface area contributed by atoms with Crippen molar-refractivity contribution in [3.8, 4) is 0 Å². The molecule has 0 fully saturated rings. The van der Waals surface area contributed by atoms with Crippen LogP contribution in [0.4, 0.5) is 14.5 Å². The summed E-state index contributed by atoms with van der Waals surface area (Å²) in [6.45, 7) is 0. The van der Waals surface area contributed by atoms with Gasteiger partial charge in [0.1, 0.15) is 5.03 Å². The molecule has 0 radical (unpaired) electrons. The molecule has 1 aliphatic rings. The van der Waals surface area contributed by atoms with E-state index in [-0.39, 0.29) is 16.3 Å². The number of nitrogens with zero attached hydrogens (tertiary/aromatic N) is 1. The van der Waals surface area contributed by atoms with Crippen LogP contribution in [0, 0.1) is 11.6 Å². The Morgan fingerprint density at radius 1 is 1.05 bits per heavy atom. The molecule has 0 spiro atoms. The number of hydrogen-bond acceptors (Lipinski definition) is 3. The minimum absolute atomic E-state index is 0.0615. The Hall–Kier alpha value is -2.05. The van der Waals surface area contributed by atoms with Gasteiger partial charge in [0.15, 0.2) is 11.6 Å².